The molecule has 2 heterocycles. The minimum Gasteiger partial charge on any atom is -0.411 e. The zero-order chi connectivity index (χ0) is 22.4. The molecule has 0 aliphatic rings. The molecule has 4 aromatic carbocycles. The van der Waals surface area contributed by atoms with Crippen molar-refractivity contribution in [1.29, 1.82) is 0 Å². The minimum absolute atomic E-state index is 0.501. The molecule has 0 saturated carbocycles. The zero-order valence-corrected chi connectivity index (χ0v) is 17.5. The second-order valence-electron chi connectivity index (χ2n) is 7.68. The summed E-state index contributed by atoms with van der Waals surface area (Å²) in [6.45, 7) is -0.501. The van der Waals surface area contributed by atoms with Crippen LogP contribution < -0.4 is 0 Å². The van der Waals surface area contributed by atoms with Crippen LogP contribution in [0.5, 0.6) is 0 Å². The molecule has 0 fully saturated rings. The first-order chi connectivity index (χ1) is 16.2. The molecule has 2 aromatic heterocycles. The molecule has 0 amide bonds. The maximum Gasteiger partial charge on any atom is 0.421 e. The van der Waals surface area contributed by atoms with E-state index in [0.717, 1.165) is 43.6 Å². The summed E-state index contributed by atoms with van der Waals surface area (Å²) >= 11 is 0. The highest BCUT2D eigenvalue weighted by molar-refractivity contribution is 6.13. The molecular weight excluding hydrogens is 416 g/mol. The van der Waals surface area contributed by atoms with E-state index in [2.05, 4.69) is 0 Å². The molecule has 6 heteroatoms. The Balaban J connectivity index is 1.28. The van der Waals surface area contributed by atoms with Gasteiger partial charge in [-0.05, 0) is 24.3 Å². The van der Waals surface area contributed by atoms with Crippen molar-refractivity contribution in [3.8, 4) is 0 Å². The smallest absolute Gasteiger partial charge is 0.411 e. The van der Waals surface area contributed by atoms with Gasteiger partial charge in [0.05, 0.1) is 22.1 Å². The molecule has 33 heavy (non-hydrogen) atoms. The third kappa shape index (κ3) is 2.96. The average Bonchev–Trinajstić information content (AvgIpc) is 3.37. The van der Waals surface area contributed by atoms with Crippen LogP contribution in [-0.2, 0) is 9.47 Å². The number of fused-ring (bicyclic) bond motifs is 6. The lowest BCUT2D eigenvalue weighted by Crippen LogP contribution is -2.20. The Labute approximate surface area is 188 Å². The van der Waals surface area contributed by atoms with Crippen LogP contribution in [0.1, 0.15) is 0 Å². The quantitative estimate of drug-likeness (QED) is 0.291. The molecule has 6 aromatic rings. The number of para-hydroxylation sites is 4. The van der Waals surface area contributed by atoms with Gasteiger partial charge in [0.2, 0.25) is 6.79 Å². The van der Waals surface area contributed by atoms with Crippen LogP contribution >= 0.6 is 0 Å². The summed E-state index contributed by atoms with van der Waals surface area (Å²) in [7, 11) is 0. The molecule has 0 bridgehead atoms. The number of hydrogen-bond acceptors (Lipinski definition) is 4. The number of carbonyl (C=O) groups is 2. The van der Waals surface area contributed by atoms with Crippen LogP contribution in [0.4, 0.5) is 9.59 Å². The van der Waals surface area contributed by atoms with Crippen molar-refractivity contribution in [3.63, 3.8) is 0 Å². The fourth-order valence-electron chi connectivity index (χ4n) is 4.50. The third-order valence-electron chi connectivity index (χ3n) is 5.89. The maximum atomic E-state index is 13.0. The first-order valence-electron chi connectivity index (χ1n) is 10.5. The number of nitrogens with zero attached hydrogens (tertiary/aromatic N) is 2. The van der Waals surface area contributed by atoms with Crippen LogP contribution in [0.3, 0.4) is 0 Å². The molecule has 6 nitrogen and oxygen atoms in total. The van der Waals surface area contributed by atoms with Crippen LogP contribution in [0, 0.1) is 0 Å². The molecule has 0 aliphatic carbocycles. The summed E-state index contributed by atoms with van der Waals surface area (Å²) in [5.74, 6) is 0. The lowest BCUT2D eigenvalue weighted by molar-refractivity contribution is 0.0271. The second-order valence-corrected chi connectivity index (χ2v) is 7.68. The molecule has 160 valence electrons. The van der Waals surface area contributed by atoms with Gasteiger partial charge in [-0.1, -0.05) is 72.8 Å². The van der Waals surface area contributed by atoms with Gasteiger partial charge >= 0.3 is 12.2 Å². The van der Waals surface area contributed by atoms with E-state index >= 15 is 0 Å². The zero-order valence-electron chi connectivity index (χ0n) is 17.5. The van der Waals surface area contributed by atoms with Crippen molar-refractivity contribution in [1.82, 2.24) is 9.13 Å². The van der Waals surface area contributed by atoms with Crippen LogP contribution in [-0.4, -0.2) is 28.1 Å². The van der Waals surface area contributed by atoms with Gasteiger partial charge in [0.15, 0.2) is 0 Å². The molecule has 0 spiro atoms. The number of carbonyl (C=O) groups excluding carboxylic acids is 2. The van der Waals surface area contributed by atoms with Gasteiger partial charge < -0.3 is 9.47 Å². The van der Waals surface area contributed by atoms with Gasteiger partial charge in [0.25, 0.3) is 0 Å². The van der Waals surface area contributed by atoms with E-state index in [1.54, 1.807) is 0 Å². The summed E-state index contributed by atoms with van der Waals surface area (Å²) in [4.78, 5) is 25.9. The summed E-state index contributed by atoms with van der Waals surface area (Å²) < 4.78 is 13.7. The minimum atomic E-state index is -0.609. The van der Waals surface area contributed by atoms with Crippen molar-refractivity contribution in [2.45, 2.75) is 0 Å². The number of benzene rings is 4. The Kier molecular flexibility index (Phi) is 4.36. The lowest BCUT2D eigenvalue weighted by atomic mass is 10.2. The highest BCUT2D eigenvalue weighted by Crippen LogP contribution is 2.30. The van der Waals surface area contributed by atoms with E-state index < -0.39 is 19.0 Å². The first-order valence-corrected chi connectivity index (χ1v) is 10.5. The molecule has 0 unspecified atom stereocenters. The molecule has 0 radical (unpaired) electrons. The fraction of sp³-hybridized carbons (Fsp3) is 0.0370. The lowest BCUT2D eigenvalue weighted by Gasteiger charge is -2.10. The van der Waals surface area contributed by atoms with Gasteiger partial charge in [-0.3, -0.25) is 0 Å². The van der Waals surface area contributed by atoms with Crippen LogP contribution in [0.15, 0.2) is 97.1 Å². The molecular formula is C27H18N2O4. The van der Waals surface area contributed by atoms with E-state index in [0.29, 0.717) is 0 Å². The van der Waals surface area contributed by atoms with E-state index in [4.69, 9.17) is 9.47 Å². The summed E-state index contributed by atoms with van der Waals surface area (Å²) in [5.41, 5.74) is 2.93. The van der Waals surface area contributed by atoms with E-state index in [1.165, 1.54) is 9.13 Å². The molecule has 6 rings (SSSR count). The van der Waals surface area contributed by atoms with Gasteiger partial charge in [-0.25, -0.2) is 18.7 Å². The highest BCUT2D eigenvalue weighted by atomic mass is 16.7. The van der Waals surface area contributed by atoms with Crippen molar-refractivity contribution >= 4 is 55.8 Å². The standard InChI is InChI=1S/C27H18N2O4/c30-26(28-22-13-5-1-9-18(22)19-10-2-6-14-23(19)28)32-17-33-27(31)29-24-15-7-3-11-20(24)21-12-4-8-16-25(21)29/h1-16H,17H2. The van der Waals surface area contributed by atoms with Crippen molar-refractivity contribution < 1.29 is 19.1 Å². The normalized spacial score (nSPS) is 11.4. The van der Waals surface area contributed by atoms with E-state index in [9.17, 15) is 9.59 Å². The van der Waals surface area contributed by atoms with Gasteiger partial charge in [-0.15, -0.1) is 0 Å². The fourth-order valence-corrected chi connectivity index (χ4v) is 4.50. The third-order valence-corrected chi connectivity index (χ3v) is 5.89. The van der Waals surface area contributed by atoms with Gasteiger partial charge in [0.1, 0.15) is 0 Å². The topological polar surface area (TPSA) is 62.5 Å². The van der Waals surface area contributed by atoms with Crippen LogP contribution in [0.25, 0.3) is 43.6 Å². The molecule has 0 saturated heterocycles. The van der Waals surface area contributed by atoms with Gasteiger partial charge in [0, 0.05) is 21.5 Å². The monoisotopic (exact) mass is 434 g/mol. The predicted octanol–water partition coefficient (Wildman–Crippen LogP) is 6.53. The highest BCUT2D eigenvalue weighted by Gasteiger charge is 2.19. The number of ether oxygens (including phenoxy) is 2. The summed E-state index contributed by atoms with van der Waals surface area (Å²) in [6.07, 6.45) is -1.22. The predicted molar refractivity (Wildman–Crippen MR) is 128 cm³/mol. The molecule has 0 N–H and O–H groups in total. The van der Waals surface area contributed by atoms with Crippen molar-refractivity contribution in [3.05, 3.63) is 97.1 Å². The average molecular weight is 434 g/mol. The largest absolute Gasteiger partial charge is 0.421 e. The Morgan fingerprint density at radius 1 is 0.485 bits per heavy atom. The number of aromatic nitrogens is 2. The Bertz CT molecular complexity index is 1460. The Hall–Kier alpha value is -4.58. The maximum absolute atomic E-state index is 13.0. The first kappa shape index (κ1) is 19.1. The van der Waals surface area contributed by atoms with Crippen LogP contribution in [0.2, 0.25) is 0 Å². The summed E-state index contributed by atoms with van der Waals surface area (Å²) in [5, 5.41) is 3.80. The molecule has 0 aliphatic heterocycles. The van der Waals surface area contributed by atoms with Crippen molar-refractivity contribution in [2.24, 2.45) is 0 Å². The number of rotatable bonds is 2. The number of hydrogen-bond donors (Lipinski definition) is 0. The Morgan fingerprint density at radius 2 is 0.758 bits per heavy atom. The van der Waals surface area contributed by atoms with E-state index in [1.807, 2.05) is 97.1 Å². The summed E-state index contributed by atoms with van der Waals surface area (Å²) in [6, 6.07) is 30.5. The molecule has 0 atom stereocenters. The van der Waals surface area contributed by atoms with E-state index in [-0.39, 0.29) is 0 Å². The second kappa shape index (κ2) is 7.53. The van der Waals surface area contributed by atoms with Gasteiger partial charge in [-0.2, -0.15) is 0 Å². The SMILES string of the molecule is O=C(OCOC(=O)n1c2ccccc2c2ccccc21)n1c2ccccc2c2ccccc21. The Morgan fingerprint density at radius 3 is 1.06 bits per heavy atom. The van der Waals surface area contributed by atoms with Crippen molar-refractivity contribution in [2.75, 3.05) is 6.79 Å².